The quantitative estimate of drug-likeness (QED) is 0.178. The molecular weight excluding hydrogens is 525 g/mol. The molecule has 0 unspecified atom stereocenters. The molecule has 0 radical (unpaired) electrons. The molecule has 0 spiro atoms. The Hall–Kier alpha value is -0.00156. The van der Waals surface area contributed by atoms with E-state index in [1.165, 1.54) is 64.2 Å². The van der Waals surface area contributed by atoms with Gasteiger partial charge in [0.1, 0.15) is 0 Å². The molecule has 0 fully saturated rings. The summed E-state index contributed by atoms with van der Waals surface area (Å²) < 4.78 is 6.80. The van der Waals surface area contributed by atoms with Crippen molar-refractivity contribution in [2.75, 3.05) is 0 Å². The van der Waals surface area contributed by atoms with Crippen molar-refractivity contribution in [2.45, 2.75) is 78.1 Å². The summed E-state index contributed by atoms with van der Waals surface area (Å²) in [6.45, 7) is 4.60. The van der Waals surface area contributed by atoms with Gasteiger partial charge in [-0.05, 0) is 0 Å². The van der Waals surface area contributed by atoms with E-state index >= 15 is 0 Å². The molecule has 3 rings (SSSR count). The average Bonchev–Trinajstić information content (AvgIpc) is 3.42. The second-order valence-corrected chi connectivity index (χ2v) is 13.5. The van der Waals surface area contributed by atoms with Crippen LogP contribution in [0.5, 0.6) is 0 Å². The average molecular weight is 557 g/mol. The summed E-state index contributed by atoms with van der Waals surface area (Å²) >= 11 is 1.69. The van der Waals surface area contributed by atoms with Gasteiger partial charge in [-0.2, -0.15) is 0 Å². The monoisotopic (exact) mass is 560 g/mol. The molecule has 0 aromatic carbocycles. The summed E-state index contributed by atoms with van der Waals surface area (Å²) in [6, 6.07) is 9.84. The van der Waals surface area contributed by atoms with E-state index in [1.54, 1.807) is 28.9 Å². The Morgan fingerprint density at radius 3 is 2.22 bits per heavy atom. The maximum atomic E-state index is 2.61. The van der Waals surface area contributed by atoms with Crippen LogP contribution in [0.4, 0.5) is 0 Å². The number of hydrogen-bond donors (Lipinski definition) is 0. The topological polar surface area (TPSA) is 0 Å². The molecule has 3 heterocycles. The molecule has 0 saturated carbocycles. The molecular formula is C24H32Se3. The first-order valence-corrected chi connectivity index (χ1v) is 16.0. The van der Waals surface area contributed by atoms with Crippen LogP contribution in [0.25, 0.3) is 17.7 Å². The fraction of sp³-hybridized carbons (Fsp3) is 0.500. The minimum absolute atomic E-state index is 0.540. The fourth-order valence-electron chi connectivity index (χ4n) is 3.49. The number of rotatable bonds is 12. The van der Waals surface area contributed by atoms with E-state index in [0.717, 1.165) is 0 Å². The van der Waals surface area contributed by atoms with Crippen molar-refractivity contribution >= 4 is 43.5 Å². The van der Waals surface area contributed by atoms with Crippen LogP contribution in [0.15, 0.2) is 34.1 Å². The van der Waals surface area contributed by atoms with Crippen molar-refractivity contribution in [1.29, 1.82) is 0 Å². The van der Waals surface area contributed by atoms with Crippen molar-refractivity contribution in [3.05, 3.63) is 45.3 Å². The summed E-state index contributed by atoms with van der Waals surface area (Å²) in [5.74, 6) is 0. The molecule has 27 heavy (non-hydrogen) atoms. The van der Waals surface area contributed by atoms with Crippen LogP contribution in [-0.2, 0) is 12.8 Å². The number of unbranched alkanes of at least 4 members (excludes halogenated alkanes) is 6. The molecule has 0 N–H and O–H groups in total. The van der Waals surface area contributed by atoms with Gasteiger partial charge in [0.2, 0.25) is 0 Å². The van der Waals surface area contributed by atoms with Crippen LogP contribution in [-0.4, -0.2) is 43.5 Å². The zero-order valence-corrected chi connectivity index (χ0v) is 21.9. The van der Waals surface area contributed by atoms with Crippen molar-refractivity contribution in [3.8, 4) is 17.7 Å². The standard InChI is InChI=1S/C24H32Se3/c1-3-5-7-9-12-19-16-22(26-18-19)23-17-20(13-10-8-6-4-2)24(27-23)21-14-11-15-25-21/h11,14-18H,3-10,12-13H2,1-2H3. The van der Waals surface area contributed by atoms with Crippen molar-refractivity contribution in [3.63, 3.8) is 0 Å². The zero-order valence-electron chi connectivity index (χ0n) is 16.8. The van der Waals surface area contributed by atoms with E-state index in [9.17, 15) is 0 Å². The van der Waals surface area contributed by atoms with Crippen molar-refractivity contribution < 1.29 is 0 Å². The number of aryl methyl sites for hydroxylation is 2. The van der Waals surface area contributed by atoms with Gasteiger partial charge in [-0.15, -0.1) is 0 Å². The van der Waals surface area contributed by atoms with Gasteiger partial charge in [0, 0.05) is 0 Å². The first kappa shape index (κ1) is 21.7. The van der Waals surface area contributed by atoms with E-state index in [0.29, 0.717) is 43.5 Å². The number of hydrogen-bond acceptors (Lipinski definition) is 0. The third kappa shape index (κ3) is 6.50. The van der Waals surface area contributed by atoms with Crippen LogP contribution >= 0.6 is 0 Å². The fourth-order valence-corrected chi connectivity index (χ4v) is 10.9. The van der Waals surface area contributed by atoms with Crippen LogP contribution in [0.3, 0.4) is 0 Å². The molecule has 3 aromatic heterocycles. The summed E-state index contributed by atoms with van der Waals surface area (Å²) in [4.78, 5) is 4.94. The Labute approximate surface area is 183 Å². The minimum atomic E-state index is 0.540. The van der Waals surface area contributed by atoms with Gasteiger partial charge in [0.05, 0.1) is 0 Å². The SMILES string of the molecule is CCCCCCc1c[se]c(-c2cc(CCCCCC)c(-c3ccc[se]3)[se]2)c1. The van der Waals surface area contributed by atoms with Gasteiger partial charge in [-0.25, -0.2) is 0 Å². The Bertz CT molecular complexity index is 777. The Kier molecular flexibility index (Phi) is 9.54. The molecule has 0 aliphatic rings. The van der Waals surface area contributed by atoms with Gasteiger partial charge in [0.25, 0.3) is 0 Å². The normalized spacial score (nSPS) is 11.3. The molecule has 0 nitrogen and oxygen atoms in total. The Morgan fingerprint density at radius 2 is 1.52 bits per heavy atom. The van der Waals surface area contributed by atoms with Gasteiger partial charge >= 0.3 is 185 Å². The summed E-state index contributed by atoms with van der Waals surface area (Å²) in [6.07, 6.45) is 13.6. The zero-order chi connectivity index (χ0) is 18.9. The molecule has 0 amide bonds. The third-order valence-electron chi connectivity index (χ3n) is 5.07. The first-order chi connectivity index (χ1) is 13.3. The Balaban J connectivity index is 1.72. The second kappa shape index (κ2) is 11.9. The van der Waals surface area contributed by atoms with Gasteiger partial charge in [-0.3, -0.25) is 0 Å². The first-order valence-electron chi connectivity index (χ1n) is 10.6. The summed E-state index contributed by atoms with van der Waals surface area (Å²) in [5, 5.41) is 0. The van der Waals surface area contributed by atoms with Gasteiger partial charge in [-0.1, -0.05) is 0 Å². The molecule has 3 aromatic rings. The second-order valence-electron chi connectivity index (χ2n) is 7.38. The molecule has 0 atom stereocenters. The van der Waals surface area contributed by atoms with Gasteiger partial charge < -0.3 is 0 Å². The van der Waals surface area contributed by atoms with Crippen LogP contribution in [0, 0.1) is 0 Å². The van der Waals surface area contributed by atoms with E-state index < -0.39 is 0 Å². The molecule has 0 aliphatic carbocycles. The summed E-state index contributed by atoms with van der Waals surface area (Å²) in [5.41, 5.74) is 3.31. The maximum absolute atomic E-state index is 2.61. The predicted octanol–water partition coefficient (Wildman–Crippen LogP) is 6.44. The molecule has 0 saturated heterocycles. The van der Waals surface area contributed by atoms with E-state index in [1.807, 2.05) is 0 Å². The van der Waals surface area contributed by atoms with Crippen molar-refractivity contribution in [1.82, 2.24) is 0 Å². The molecule has 0 aliphatic heterocycles. The van der Waals surface area contributed by atoms with Gasteiger partial charge in [0.15, 0.2) is 0 Å². The Morgan fingerprint density at radius 1 is 0.741 bits per heavy atom. The molecule has 146 valence electrons. The third-order valence-corrected chi connectivity index (χ3v) is 13.0. The van der Waals surface area contributed by atoms with E-state index in [4.69, 9.17) is 0 Å². The molecule has 0 bridgehead atoms. The van der Waals surface area contributed by atoms with E-state index in [2.05, 4.69) is 48.0 Å². The van der Waals surface area contributed by atoms with Crippen molar-refractivity contribution in [2.24, 2.45) is 0 Å². The predicted molar refractivity (Wildman–Crippen MR) is 124 cm³/mol. The van der Waals surface area contributed by atoms with Crippen LogP contribution in [0.1, 0.15) is 76.3 Å². The van der Waals surface area contributed by atoms with E-state index in [-0.39, 0.29) is 0 Å². The van der Waals surface area contributed by atoms with Crippen LogP contribution < -0.4 is 0 Å². The molecule has 3 heteroatoms. The summed E-state index contributed by atoms with van der Waals surface area (Å²) in [7, 11) is 0. The van der Waals surface area contributed by atoms with Crippen LogP contribution in [0.2, 0.25) is 0 Å².